The first-order chi connectivity index (χ1) is 62.7. The summed E-state index contributed by atoms with van der Waals surface area (Å²) < 4.78 is 74.1. The number of nitrogens with zero attached hydrogens (tertiary/aromatic N) is 2. The Hall–Kier alpha value is -2.98. The lowest BCUT2D eigenvalue weighted by Crippen LogP contribution is -2.45. The van der Waals surface area contributed by atoms with Crippen LogP contribution < -0.4 is 0 Å². The van der Waals surface area contributed by atoms with E-state index in [1.165, 1.54) is 191 Å². The van der Waals surface area contributed by atoms with E-state index in [0.717, 1.165) is 206 Å². The van der Waals surface area contributed by atoms with Gasteiger partial charge in [-0.1, -0.05) is 198 Å². The van der Waals surface area contributed by atoms with Gasteiger partial charge in [0.25, 0.3) is 0 Å². The summed E-state index contributed by atoms with van der Waals surface area (Å²) in [5.41, 5.74) is 1.19. The highest BCUT2D eigenvalue weighted by atomic mass is 16.8. The number of imide groups is 2. The van der Waals surface area contributed by atoms with Crippen LogP contribution >= 0.6 is 0 Å². The molecule has 0 radical (unpaired) electrons. The number of rotatable bonds is 24. The highest BCUT2D eigenvalue weighted by Gasteiger charge is 2.63. The fourth-order valence-corrected chi connectivity index (χ4v) is 30.0. The lowest BCUT2D eigenvalue weighted by atomic mass is 9.70. The van der Waals surface area contributed by atoms with Gasteiger partial charge in [0, 0.05) is 98.6 Å². The van der Waals surface area contributed by atoms with Crippen LogP contribution in [0.4, 0.5) is 0 Å². The number of amides is 4. The Morgan fingerprint density at radius 2 is 0.754 bits per heavy atom. The first kappa shape index (κ1) is 101. The molecule has 0 N–H and O–H groups in total. The molecule has 20 rings (SSSR count). The van der Waals surface area contributed by atoms with Crippen molar-refractivity contribution in [1.82, 2.24) is 9.80 Å². The maximum atomic E-state index is 12.5. The minimum atomic E-state index is -0.446. The smallest absolute Gasteiger partial charge is 0.232 e. The van der Waals surface area contributed by atoms with Crippen LogP contribution in [-0.2, 0) is 76.0 Å². The zero-order valence-corrected chi connectivity index (χ0v) is 84.6. The lowest BCUT2D eigenvalue weighted by Gasteiger charge is -2.44. The zero-order valence-electron chi connectivity index (χ0n) is 84.6. The lowest BCUT2D eigenvalue weighted by molar-refractivity contribution is -0.296. The molecule has 8 heterocycles. The molecule has 4 amide bonds. The third-order valence-electron chi connectivity index (χ3n) is 38.6. The summed E-state index contributed by atoms with van der Waals surface area (Å²) in [4.78, 5) is 52.7. The van der Waals surface area contributed by atoms with E-state index >= 15 is 0 Å². The normalized spacial score (nSPS) is 42.9. The Morgan fingerprint density at radius 1 is 0.354 bits per heavy atom. The van der Waals surface area contributed by atoms with Crippen LogP contribution in [0.25, 0.3) is 0 Å². The maximum Gasteiger partial charge on any atom is 0.232 e. The highest BCUT2D eigenvalue weighted by Crippen LogP contribution is 2.62. The van der Waals surface area contributed by atoms with E-state index in [0.29, 0.717) is 72.8 Å². The average molecular weight is 1810 g/mol. The molecule has 29 unspecified atom stereocenters. The third-order valence-corrected chi connectivity index (χ3v) is 38.6. The van der Waals surface area contributed by atoms with Gasteiger partial charge >= 0.3 is 0 Å². The van der Waals surface area contributed by atoms with Gasteiger partial charge in [-0.3, -0.25) is 29.0 Å². The van der Waals surface area contributed by atoms with Crippen molar-refractivity contribution in [1.29, 1.82) is 0 Å². The molecule has 19 aliphatic rings. The third kappa shape index (κ3) is 23.3. The number of carbonyl (C=O) groups is 4. The molecule has 29 atom stereocenters. The average Bonchev–Trinajstić information content (AvgIpc) is 1.57. The Bertz CT molecular complexity index is 3650. The molecule has 4 spiro atoms. The van der Waals surface area contributed by atoms with Crippen molar-refractivity contribution < 1.29 is 76.0 Å². The van der Waals surface area contributed by atoms with E-state index in [9.17, 15) is 19.2 Å². The second-order valence-electron chi connectivity index (χ2n) is 46.9. The van der Waals surface area contributed by atoms with Gasteiger partial charge < -0.3 is 56.8 Å². The fourth-order valence-electron chi connectivity index (χ4n) is 30.0. The number of hydrogen-bond donors (Lipinski definition) is 0. The number of fused-ring (bicyclic) bond motifs is 8. The minimum Gasteiger partial charge on any atom is -0.350 e. The van der Waals surface area contributed by atoms with Gasteiger partial charge in [0.2, 0.25) is 23.6 Å². The number of likely N-dealkylation sites (tertiary alicyclic amines) is 2. The molecule has 18 nitrogen and oxygen atoms in total. The zero-order chi connectivity index (χ0) is 91.9. The highest BCUT2D eigenvalue weighted by molar-refractivity contribution is 6.05. The van der Waals surface area contributed by atoms with Crippen LogP contribution in [0, 0.1) is 142 Å². The molecule has 11 aliphatic carbocycles. The predicted octanol–water partition coefficient (Wildman–Crippen LogP) is 25.0. The predicted molar refractivity (Wildman–Crippen MR) is 510 cm³/mol. The Balaban J connectivity index is 0.000000120. The number of benzene rings is 1. The van der Waals surface area contributed by atoms with E-state index in [2.05, 4.69) is 83.1 Å². The number of ether oxygens (including phenoxy) is 12. The van der Waals surface area contributed by atoms with Crippen molar-refractivity contribution in [3.8, 4) is 0 Å². The van der Waals surface area contributed by atoms with Gasteiger partial charge in [0.15, 0.2) is 35.2 Å². The van der Waals surface area contributed by atoms with Gasteiger partial charge in [-0.25, -0.2) is 0 Å². The number of carbonyl (C=O) groups excluding carboxylic acids is 4. The van der Waals surface area contributed by atoms with E-state index in [4.69, 9.17) is 56.8 Å². The first-order valence-corrected chi connectivity index (χ1v) is 55.2. The van der Waals surface area contributed by atoms with Crippen LogP contribution in [0.2, 0.25) is 0 Å². The largest absolute Gasteiger partial charge is 0.350 e. The molecule has 130 heavy (non-hydrogen) atoms. The van der Waals surface area contributed by atoms with E-state index < -0.39 is 5.79 Å². The van der Waals surface area contributed by atoms with E-state index in [1.807, 2.05) is 58.0 Å². The molecule has 1 aromatic rings. The van der Waals surface area contributed by atoms with Gasteiger partial charge in [0.1, 0.15) is 0 Å². The SMILES string of the molecule is CC1C(=O)N(CC2CC3CC2CC32COC(c3ccccc3)OC2)C(=O)C1C.CCC1CC(CC)C(CC2COC(C)(CC)O2)C1.CCC1CC(CC)C(CC2COC3(CCCC3)O2)C1.CCC1CC(CC)C(CC2COC3(CCCCC3)O2)C1.CCC1CC(CC)C(CC2COC3(CCCCC3)OC2)C1.CCCC1(C)OC2C3CC(CN4C(=O)C(C)C(C)C4=O)C(C3)C2O1. The monoisotopic (exact) mass is 1810 g/mol. The Morgan fingerprint density at radius 3 is 1.17 bits per heavy atom. The van der Waals surface area contributed by atoms with Crippen molar-refractivity contribution in [3.63, 3.8) is 0 Å². The number of hydrogen-bond acceptors (Lipinski definition) is 16. The molecule has 8 saturated heterocycles. The molecule has 738 valence electrons. The van der Waals surface area contributed by atoms with Crippen LogP contribution in [0.5, 0.6) is 0 Å². The molecule has 8 aliphatic heterocycles. The molecule has 4 bridgehead atoms. The molecule has 19 fully saturated rings. The van der Waals surface area contributed by atoms with Gasteiger partial charge in [0.05, 0.1) is 76.8 Å². The molecule has 18 heteroatoms. The summed E-state index contributed by atoms with van der Waals surface area (Å²) >= 11 is 0. The molecule has 1 aromatic carbocycles. The van der Waals surface area contributed by atoms with Crippen LogP contribution in [0.3, 0.4) is 0 Å². The molecule has 11 saturated carbocycles. The van der Waals surface area contributed by atoms with Gasteiger partial charge in [-0.2, -0.15) is 0 Å². The molecule has 0 aromatic heterocycles. The van der Waals surface area contributed by atoms with Crippen molar-refractivity contribution >= 4 is 23.6 Å². The van der Waals surface area contributed by atoms with Gasteiger partial charge in [-0.15, -0.1) is 0 Å². The second-order valence-corrected chi connectivity index (χ2v) is 46.9. The summed E-state index contributed by atoms with van der Waals surface area (Å²) in [6, 6.07) is 10.1. The standard InChI is InChI=1S/C23H29NO4.C19H29NO4.C19H34O2.C18H32O2.C17H30O2.C16H30O2/c1-14-15(2)21(26)24(20(14)25)11-18-9-19-8-17(18)10-23(19)12-27-22(28-13-23)16-6-4-3-5-7-16;1-5-6-19(4)23-15-12-7-13(14(8-12)16(15)24-19)9-20-17(21)10(2)11(3)18(20)22;1-3-15-10-17(4-2)18(11-15)12-16-13-20-19(21-14-16)8-6-5-7-9-19;1-3-14-10-15(4-2)16(11-14)12-17-13-19-18(20-17)8-6-5-7-9-18;1-3-13-9-14(4-2)15(10-13)11-16-12-18-17(19-16)7-5-6-8-17;1-5-12-8-13(6-2)14(9-12)10-15-11-17-16(4,7-3)18-15/h3-7,14-15,17-19,22H,8-13H2,1-2H3;10-16H,5-9H2,1-4H3;15-18H,3-14H2,1-2H3;14-17H,3-13H2,1-2H3;13-16H,3-12H2,1-2H3;12-15H,5-11H2,1-4H3. The summed E-state index contributed by atoms with van der Waals surface area (Å²) in [5.74, 6) is 12.8. The topological polar surface area (TPSA) is 186 Å². The van der Waals surface area contributed by atoms with E-state index in [1.54, 1.807) is 4.90 Å². The van der Waals surface area contributed by atoms with Gasteiger partial charge in [-0.05, 0) is 274 Å². The first-order valence-electron chi connectivity index (χ1n) is 55.2. The Labute approximate surface area is 788 Å². The van der Waals surface area contributed by atoms with Crippen LogP contribution in [0.1, 0.15) is 392 Å². The summed E-state index contributed by atoms with van der Waals surface area (Å²) in [5, 5.41) is 0. The van der Waals surface area contributed by atoms with E-state index in [-0.39, 0.29) is 94.4 Å². The maximum absolute atomic E-state index is 12.5. The van der Waals surface area contributed by atoms with Crippen LogP contribution in [-0.4, -0.2) is 152 Å². The van der Waals surface area contributed by atoms with Crippen molar-refractivity contribution in [2.24, 2.45) is 142 Å². The fraction of sp³-hybridized carbons (Fsp3) is 0.911. The second kappa shape index (κ2) is 45.1. The van der Waals surface area contributed by atoms with Crippen molar-refractivity contribution in [2.75, 3.05) is 59.3 Å². The summed E-state index contributed by atoms with van der Waals surface area (Å²) in [6.07, 6.45) is 54.2. The molecular weight excluding hydrogens is 1630 g/mol. The quantitative estimate of drug-likeness (QED) is 0.0889. The Kier molecular flexibility index (Phi) is 35.2. The van der Waals surface area contributed by atoms with Crippen molar-refractivity contribution in [2.45, 2.75) is 446 Å². The minimum absolute atomic E-state index is 0.00577. The summed E-state index contributed by atoms with van der Waals surface area (Å²) in [7, 11) is 0. The van der Waals surface area contributed by atoms with Crippen LogP contribution in [0.15, 0.2) is 30.3 Å². The summed E-state index contributed by atoms with van der Waals surface area (Å²) in [6.45, 7) is 41.8. The van der Waals surface area contributed by atoms with Crippen molar-refractivity contribution in [3.05, 3.63) is 35.9 Å². The molecular formula is C112H184N2O16.